The van der Waals surface area contributed by atoms with Gasteiger partial charge >= 0.3 is 0 Å². The van der Waals surface area contributed by atoms with Gasteiger partial charge in [-0.3, -0.25) is 0 Å². The van der Waals surface area contributed by atoms with Crippen LogP contribution in [0.3, 0.4) is 0 Å². The molecule has 98 valence electrons. The average molecular weight is 252 g/mol. The van der Waals surface area contributed by atoms with E-state index >= 15 is 0 Å². The molecule has 0 unspecified atom stereocenters. The Morgan fingerprint density at radius 1 is 1.17 bits per heavy atom. The first kappa shape index (κ1) is 13.0. The fourth-order valence-electron chi connectivity index (χ4n) is 1.88. The molecule has 0 saturated heterocycles. The van der Waals surface area contributed by atoms with Crippen LogP contribution in [0.5, 0.6) is 0 Å². The van der Waals surface area contributed by atoms with Gasteiger partial charge < -0.3 is 9.47 Å². The van der Waals surface area contributed by atoms with Crippen LogP contribution in [0.25, 0.3) is 10.9 Å². The Bertz CT molecular complexity index is 570. The van der Waals surface area contributed by atoms with Gasteiger partial charge in [0.15, 0.2) is 11.6 Å². The minimum Gasteiger partial charge on any atom is -0.346 e. The number of fused-ring (bicyclic) bond motifs is 1. The van der Waals surface area contributed by atoms with Crippen LogP contribution in [0.2, 0.25) is 0 Å². The minimum absolute atomic E-state index is 0.0587. The Hall–Kier alpha value is -1.42. The summed E-state index contributed by atoms with van der Waals surface area (Å²) < 4.78 is 28.4. The topological polar surface area (TPSA) is 8.17 Å². The van der Waals surface area contributed by atoms with Gasteiger partial charge in [-0.1, -0.05) is 0 Å². The second kappa shape index (κ2) is 4.35. The van der Waals surface area contributed by atoms with E-state index in [9.17, 15) is 8.78 Å². The Balaban J connectivity index is 2.44. The average Bonchev–Trinajstić information content (AvgIpc) is 2.61. The predicted molar refractivity (Wildman–Crippen MR) is 69.6 cm³/mol. The fourth-order valence-corrected chi connectivity index (χ4v) is 1.88. The molecule has 18 heavy (non-hydrogen) atoms. The van der Waals surface area contributed by atoms with Crippen molar-refractivity contribution in [2.45, 2.75) is 25.9 Å². The summed E-state index contributed by atoms with van der Waals surface area (Å²) in [6.45, 7) is 4.94. The van der Waals surface area contributed by atoms with Crippen LogP contribution < -0.4 is 0 Å². The van der Waals surface area contributed by atoms with E-state index in [-0.39, 0.29) is 5.54 Å². The smallest absolute Gasteiger partial charge is 0.160 e. The molecule has 2 aromatic rings. The maximum atomic E-state index is 13.3. The van der Waals surface area contributed by atoms with Gasteiger partial charge in [-0.15, -0.1) is 0 Å². The van der Waals surface area contributed by atoms with Gasteiger partial charge in [0, 0.05) is 29.7 Å². The predicted octanol–water partition coefficient (Wildman–Crippen LogP) is 3.26. The second-order valence-electron chi connectivity index (χ2n) is 5.48. The lowest BCUT2D eigenvalue weighted by Gasteiger charge is -2.33. The molecule has 0 spiro atoms. The van der Waals surface area contributed by atoms with Crippen molar-refractivity contribution in [3.05, 3.63) is 36.0 Å². The Morgan fingerprint density at radius 3 is 2.39 bits per heavy atom. The lowest BCUT2D eigenvalue weighted by atomic mass is 10.0. The fraction of sp³-hybridized carbons (Fsp3) is 0.429. The summed E-state index contributed by atoms with van der Waals surface area (Å²) in [6.07, 6.45) is 1.87. The highest BCUT2D eigenvalue weighted by molar-refractivity contribution is 5.80. The highest BCUT2D eigenvalue weighted by atomic mass is 19.2. The number of benzene rings is 1. The lowest BCUT2D eigenvalue weighted by Crippen LogP contribution is -2.41. The van der Waals surface area contributed by atoms with Crippen LogP contribution >= 0.6 is 0 Å². The molecule has 0 atom stereocenters. The van der Waals surface area contributed by atoms with Crippen molar-refractivity contribution >= 4 is 10.9 Å². The summed E-state index contributed by atoms with van der Waals surface area (Å²) in [5.41, 5.74) is 0.667. The zero-order valence-corrected chi connectivity index (χ0v) is 11.2. The summed E-state index contributed by atoms with van der Waals surface area (Å²) in [6, 6.07) is 4.31. The van der Waals surface area contributed by atoms with E-state index in [1.54, 1.807) is 0 Å². The summed E-state index contributed by atoms with van der Waals surface area (Å²) in [5, 5.41) is 0.725. The molecular formula is C14H18F2N2. The quantitative estimate of drug-likeness (QED) is 0.814. The molecule has 0 amide bonds. The Kier molecular flexibility index (Phi) is 3.15. The van der Waals surface area contributed by atoms with E-state index in [1.807, 2.05) is 30.9 Å². The maximum Gasteiger partial charge on any atom is 0.160 e. The lowest BCUT2D eigenvalue weighted by molar-refractivity contribution is 0.171. The van der Waals surface area contributed by atoms with E-state index < -0.39 is 11.6 Å². The third-order valence-electron chi connectivity index (χ3n) is 3.58. The van der Waals surface area contributed by atoms with Crippen LogP contribution in [0, 0.1) is 11.6 Å². The van der Waals surface area contributed by atoms with E-state index in [0.29, 0.717) is 6.54 Å². The zero-order valence-electron chi connectivity index (χ0n) is 11.2. The molecule has 1 heterocycles. The van der Waals surface area contributed by atoms with Gasteiger partial charge in [-0.05, 0) is 40.1 Å². The van der Waals surface area contributed by atoms with E-state index in [4.69, 9.17) is 0 Å². The van der Waals surface area contributed by atoms with Crippen molar-refractivity contribution in [3.8, 4) is 0 Å². The Morgan fingerprint density at radius 2 is 1.78 bits per heavy atom. The SMILES string of the molecule is CN(C)C(C)(C)Cn1ccc2cc(F)c(F)cc21. The zero-order chi connectivity index (χ0) is 13.5. The van der Waals surface area contributed by atoms with Crippen molar-refractivity contribution in [1.82, 2.24) is 9.47 Å². The molecule has 0 bridgehead atoms. The largest absolute Gasteiger partial charge is 0.346 e. The highest BCUT2D eigenvalue weighted by Crippen LogP contribution is 2.22. The van der Waals surface area contributed by atoms with Gasteiger partial charge in [0.1, 0.15) is 0 Å². The van der Waals surface area contributed by atoms with Gasteiger partial charge in [0.05, 0.1) is 5.52 Å². The monoisotopic (exact) mass is 252 g/mol. The molecule has 2 nitrogen and oxygen atoms in total. The molecule has 0 aliphatic heterocycles. The minimum atomic E-state index is -0.801. The van der Waals surface area contributed by atoms with Gasteiger partial charge in [0.2, 0.25) is 0 Å². The summed E-state index contributed by atoms with van der Waals surface area (Å²) in [7, 11) is 4.01. The molecule has 0 fully saturated rings. The molecule has 0 aliphatic rings. The summed E-state index contributed by atoms with van der Waals surface area (Å²) >= 11 is 0. The van der Waals surface area contributed by atoms with Crippen molar-refractivity contribution in [1.29, 1.82) is 0 Å². The normalized spacial score (nSPS) is 12.6. The highest BCUT2D eigenvalue weighted by Gasteiger charge is 2.21. The van der Waals surface area contributed by atoms with E-state index in [1.165, 1.54) is 12.1 Å². The van der Waals surface area contributed by atoms with Crippen molar-refractivity contribution in [2.24, 2.45) is 0 Å². The molecule has 0 saturated carbocycles. The van der Waals surface area contributed by atoms with Gasteiger partial charge in [-0.2, -0.15) is 0 Å². The molecule has 0 aliphatic carbocycles. The number of aromatic nitrogens is 1. The van der Waals surface area contributed by atoms with Crippen molar-refractivity contribution < 1.29 is 8.78 Å². The number of nitrogens with zero attached hydrogens (tertiary/aromatic N) is 2. The van der Waals surface area contributed by atoms with Crippen LogP contribution in [-0.4, -0.2) is 29.1 Å². The molecule has 1 aromatic heterocycles. The first-order valence-electron chi connectivity index (χ1n) is 5.92. The number of rotatable bonds is 3. The third kappa shape index (κ3) is 2.25. The standard InChI is InChI=1S/C14H18F2N2/c1-14(2,17(3)4)9-18-6-5-10-7-11(15)12(16)8-13(10)18/h5-8H,9H2,1-4H3. The maximum absolute atomic E-state index is 13.3. The number of hydrogen-bond donors (Lipinski definition) is 0. The van der Waals surface area contributed by atoms with Crippen LogP contribution in [0.4, 0.5) is 8.78 Å². The first-order valence-corrected chi connectivity index (χ1v) is 5.92. The molecule has 2 rings (SSSR count). The number of halogens is 2. The molecule has 0 N–H and O–H groups in total. The van der Waals surface area contributed by atoms with Gasteiger partial charge in [-0.25, -0.2) is 8.78 Å². The Labute approximate surface area is 106 Å². The van der Waals surface area contributed by atoms with Crippen LogP contribution in [0.1, 0.15) is 13.8 Å². The summed E-state index contributed by atoms with van der Waals surface area (Å²) in [5.74, 6) is -1.60. The van der Waals surface area contributed by atoms with E-state index in [0.717, 1.165) is 10.9 Å². The second-order valence-corrected chi connectivity index (χ2v) is 5.48. The van der Waals surface area contributed by atoms with Crippen molar-refractivity contribution in [2.75, 3.05) is 14.1 Å². The number of likely N-dealkylation sites (N-methyl/N-ethyl adjacent to an activating group) is 1. The van der Waals surface area contributed by atoms with Crippen LogP contribution in [-0.2, 0) is 6.54 Å². The third-order valence-corrected chi connectivity index (χ3v) is 3.58. The van der Waals surface area contributed by atoms with Gasteiger partial charge in [0.25, 0.3) is 0 Å². The van der Waals surface area contributed by atoms with Crippen molar-refractivity contribution in [3.63, 3.8) is 0 Å². The first-order chi connectivity index (χ1) is 8.31. The molecule has 0 radical (unpaired) electrons. The van der Waals surface area contributed by atoms with Crippen LogP contribution in [0.15, 0.2) is 24.4 Å². The molecule has 4 heteroatoms. The van der Waals surface area contributed by atoms with E-state index in [2.05, 4.69) is 18.7 Å². The molecule has 1 aromatic carbocycles. The molecular weight excluding hydrogens is 234 g/mol. The number of hydrogen-bond acceptors (Lipinski definition) is 1. The summed E-state index contributed by atoms with van der Waals surface area (Å²) in [4.78, 5) is 2.11.